The van der Waals surface area contributed by atoms with Crippen LogP contribution in [0.25, 0.3) is 11.0 Å². The molecule has 0 radical (unpaired) electrons. The first-order chi connectivity index (χ1) is 10.9. The fourth-order valence-corrected chi connectivity index (χ4v) is 4.09. The Morgan fingerprint density at radius 3 is 3.09 bits per heavy atom. The molecule has 1 saturated carbocycles. The molecule has 2 aromatic rings. The van der Waals surface area contributed by atoms with E-state index in [1.165, 1.54) is 18.5 Å². The molecule has 4 heterocycles. The van der Waals surface area contributed by atoms with Gasteiger partial charge in [-0.3, -0.25) is 10.00 Å². The van der Waals surface area contributed by atoms with Crippen LogP contribution >= 0.6 is 0 Å². The van der Waals surface area contributed by atoms with Crippen LogP contribution < -0.4 is 4.90 Å². The molecule has 3 fully saturated rings. The van der Waals surface area contributed by atoms with Crippen molar-refractivity contribution in [1.82, 2.24) is 20.1 Å². The van der Waals surface area contributed by atoms with Crippen LogP contribution in [0, 0.1) is 5.92 Å². The Kier molecular flexibility index (Phi) is 2.88. The lowest BCUT2D eigenvalue weighted by Gasteiger charge is -2.48. The predicted octanol–water partition coefficient (Wildman–Crippen LogP) is 1.26. The van der Waals surface area contributed by atoms with Crippen molar-refractivity contribution in [1.29, 1.82) is 0 Å². The van der Waals surface area contributed by atoms with Crippen molar-refractivity contribution < 1.29 is 4.74 Å². The van der Waals surface area contributed by atoms with Crippen LogP contribution in [0.15, 0.2) is 18.5 Å². The molecule has 1 N–H and O–H groups in total. The van der Waals surface area contributed by atoms with Crippen LogP contribution in [0.1, 0.15) is 12.8 Å². The number of anilines is 1. The highest BCUT2D eigenvalue weighted by Gasteiger charge is 2.43. The Morgan fingerprint density at radius 1 is 1.23 bits per heavy atom. The number of ether oxygens (including phenoxy) is 1. The van der Waals surface area contributed by atoms with Gasteiger partial charge in [-0.2, -0.15) is 5.10 Å². The van der Waals surface area contributed by atoms with Gasteiger partial charge in [-0.05, 0) is 24.8 Å². The fraction of sp³-hybridized carbons (Fsp3) is 0.625. The molecule has 6 nitrogen and oxygen atoms in total. The van der Waals surface area contributed by atoms with Gasteiger partial charge in [0.05, 0.1) is 36.5 Å². The summed E-state index contributed by atoms with van der Waals surface area (Å²) in [6, 6.07) is 3.28. The minimum absolute atomic E-state index is 0.517. The van der Waals surface area contributed by atoms with Gasteiger partial charge in [0.15, 0.2) is 5.65 Å². The normalized spacial score (nSPS) is 29.7. The van der Waals surface area contributed by atoms with Crippen LogP contribution in [-0.4, -0.2) is 65.0 Å². The summed E-state index contributed by atoms with van der Waals surface area (Å²) in [5.41, 5.74) is 2.11. The van der Waals surface area contributed by atoms with Gasteiger partial charge in [-0.15, -0.1) is 0 Å². The third-order valence-electron chi connectivity index (χ3n) is 5.39. The van der Waals surface area contributed by atoms with E-state index < -0.39 is 0 Å². The summed E-state index contributed by atoms with van der Waals surface area (Å²) in [5.74, 6) is 0.885. The summed E-state index contributed by atoms with van der Waals surface area (Å²) in [6.07, 6.45) is 6.53. The molecule has 0 aromatic carbocycles. The van der Waals surface area contributed by atoms with Crippen molar-refractivity contribution >= 4 is 16.7 Å². The van der Waals surface area contributed by atoms with Crippen molar-refractivity contribution in [2.24, 2.45) is 5.92 Å². The Bertz CT molecular complexity index is 682. The Hall–Kier alpha value is -1.66. The molecule has 2 atom stereocenters. The minimum Gasteiger partial charge on any atom is -0.378 e. The molecule has 2 aromatic heterocycles. The summed E-state index contributed by atoms with van der Waals surface area (Å²) in [6.45, 7) is 5.04. The highest BCUT2D eigenvalue weighted by atomic mass is 16.5. The monoisotopic (exact) mass is 299 g/mol. The van der Waals surface area contributed by atoms with Crippen LogP contribution in [0.5, 0.6) is 0 Å². The number of piperazine rings is 1. The molecule has 1 aliphatic carbocycles. The zero-order valence-electron chi connectivity index (χ0n) is 12.6. The lowest BCUT2D eigenvalue weighted by Crippen LogP contribution is -2.62. The molecule has 0 unspecified atom stereocenters. The second-order valence-corrected chi connectivity index (χ2v) is 6.74. The number of H-pyrrole nitrogens is 1. The molecular weight excluding hydrogens is 278 g/mol. The lowest BCUT2D eigenvalue weighted by atomic mass is 10.0. The van der Waals surface area contributed by atoms with E-state index in [2.05, 4.69) is 31.0 Å². The number of hydrogen-bond donors (Lipinski definition) is 1. The number of hydrogen-bond acceptors (Lipinski definition) is 5. The first-order valence-corrected chi connectivity index (χ1v) is 8.26. The smallest absolute Gasteiger partial charge is 0.157 e. The zero-order valence-corrected chi connectivity index (χ0v) is 12.6. The van der Waals surface area contributed by atoms with Gasteiger partial charge in [-0.1, -0.05) is 0 Å². The number of rotatable bonds is 2. The van der Waals surface area contributed by atoms with Gasteiger partial charge < -0.3 is 9.64 Å². The number of nitrogens with zero attached hydrogens (tertiary/aromatic N) is 4. The number of fused-ring (bicyclic) bond motifs is 2. The van der Waals surface area contributed by atoms with Gasteiger partial charge in [0.2, 0.25) is 0 Å². The summed E-state index contributed by atoms with van der Waals surface area (Å²) >= 11 is 0. The molecule has 0 bridgehead atoms. The van der Waals surface area contributed by atoms with Gasteiger partial charge in [-0.25, -0.2) is 4.98 Å². The molecule has 3 aliphatic rings. The Balaban J connectivity index is 1.41. The standard InChI is InChI=1S/C16H21N5O/c1-2-11(1)15-10-22-9-12-8-20(5-6-21(12)15)14-3-4-17-16-13(14)7-18-19-16/h3-4,7,11-12,15H,1-2,5-6,8-10H2,(H,17,18,19)/t12-,15-/m1/s1. The van der Waals surface area contributed by atoms with Crippen LogP contribution in [0.2, 0.25) is 0 Å². The Labute approximate surface area is 129 Å². The van der Waals surface area contributed by atoms with Crippen LogP contribution in [-0.2, 0) is 4.74 Å². The molecule has 22 heavy (non-hydrogen) atoms. The number of aromatic amines is 1. The first kappa shape index (κ1) is 12.8. The number of morpholine rings is 1. The zero-order chi connectivity index (χ0) is 14.5. The van der Waals surface area contributed by atoms with Gasteiger partial charge in [0.1, 0.15) is 0 Å². The van der Waals surface area contributed by atoms with Crippen molar-refractivity contribution in [3.05, 3.63) is 18.5 Å². The SMILES string of the molecule is c1cc(N2CCN3[C@@H](COC[C@@H]3C3CC3)C2)c2cn[nH]c2n1. The van der Waals surface area contributed by atoms with E-state index in [9.17, 15) is 0 Å². The van der Waals surface area contributed by atoms with E-state index in [1.54, 1.807) is 0 Å². The molecular formula is C16H21N5O. The van der Waals surface area contributed by atoms with Gasteiger partial charge >= 0.3 is 0 Å². The molecule has 6 heteroatoms. The van der Waals surface area contributed by atoms with Crippen molar-refractivity contribution in [2.75, 3.05) is 37.7 Å². The van der Waals surface area contributed by atoms with E-state index in [0.717, 1.165) is 49.8 Å². The largest absolute Gasteiger partial charge is 0.378 e. The fourth-order valence-electron chi connectivity index (χ4n) is 4.09. The first-order valence-electron chi connectivity index (χ1n) is 8.26. The highest BCUT2D eigenvalue weighted by Crippen LogP contribution is 2.39. The number of pyridine rings is 1. The van der Waals surface area contributed by atoms with E-state index in [0.29, 0.717) is 12.1 Å². The van der Waals surface area contributed by atoms with E-state index in [-0.39, 0.29) is 0 Å². The van der Waals surface area contributed by atoms with E-state index in [1.807, 2.05) is 12.4 Å². The second-order valence-electron chi connectivity index (χ2n) is 6.74. The lowest BCUT2D eigenvalue weighted by molar-refractivity contribution is -0.0602. The average molecular weight is 299 g/mol. The molecule has 5 rings (SSSR count). The molecule has 2 saturated heterocycles. The maximum Gasteiger partial charge on any atom is 0.157 e. The number of aromatic nitrogens is 3. The summed E-state index contributed by atoms with van der Waals surface area (Å²) in [5, 5.41) is 8.21. The second kappa shape index (κ2) is 4.93. The van der Waals surface area contributed by atoms with Crippen LogP contribution in [0.3, 0.4) is 0 Å². The maximum atomic E-state index is 5.91. The third-order valence-corrected chi connectivity index (χ3v) is 5.39. The topological polar surface area (TPSA) is 57.3 Å². The van der Waals surface area contributed by atoms with Crippen molar-refractivity contribution in [3.63, 3.8) is 0 Å². The molecule has 116 valence electrons. The van der Waals surface area contributed by atoms with Crippen molar-refractivity contribution in [3.8, 4) is 0 Å². The predicted molar refractivity (Wildman–Crippen MR) is 83.9 cm³/mol. The van der Waals surface area contributed by atoms with Gasteiger partial charge in [0, 0.05) is 31.9 Å². The highest BCUT2D eigenvalue weighted by molar-refractivity contribution is 5.88. The van der Waals surface area contributed by atoms with Crippen LogP contribution in [0.4, 0.5) is 5.69 Å². The van der Waals surface area contributed by atoms with Crippen molar-refractivity contribution in [2.45, 2.75) is 24.9 Å². The quantitative estimate of drug-likeness (QED) is 0.904. The number of nitrogens with one attached hydrogen (secondary N) is 1. The molecule has 0 amide bonds. The molecule has 2 aliphatic heterocycles. The molecule has 0 spiro atoms. The van der Waals surface area contributed by atoms with E-state index >= 15 is 0 Å². The maximum absolute atomic E-state index is 5.91. The average Bonchev–Trinajstić information content (AvgIpc) is 3.30. The van der Waals surface area contributed by atoms with E-state index in [4.69, 9.17) is 4.74 Å². The van der Waals surface area contributed by atoms with Gasteiger partial charge in [0.25, 0.3) is 0 Å². The minimum atomic E-state index is 0.517. The summed E-state index contributed by atoms with van der Waals surface area (Å²) in [4.78, 5) is 9.53. The third kappa shape index (κ3) is 2.01. The summed E-state index contributed by atoms with van der Waals surface area (Å²) < 4.78 is 5.91. The summed E-state index contributed by atoms with van der Waals surface area (Å²) in [7, 11) is 0. The Morgan fingerprint density at radius 2 is 2.18 bits per heavy atom.